The first-order chi connectivity index (χ1) is 16.6. The lowest BCUT2D eigenvalue weighted by Crippen LogP contribution is -2.50. The van der Waals surface area contributed by atoms with Crippen molar-refractivity contribution in [1.29, 1.82) is 0 Å². The molecule has 1 saturated carbocycles. The van der Waals surface area contributed by atoms with Gasteiger partial charge < -0.3 is 4.90 Å². The van der Waals surface area contributed by atoms with Gasteiger partial charge in [-0.2, -0.15) is 0 Å². The molecule has 0 bridgehead atoms. The van der Waals surface area contributed by atoms with Crippen molar-refractivity contribution in [3.8, 4) is 5.69 Å². The summed E-state index contributed by atoms with van der Waals surface area (Å²) in [6, 6.07) is 7.01. The van der Waals surface area contributed by atoms with Gasteiger partial charge in [-0.1, -0.05) is 31.0 Å². The minimum Gasteiger partial charge on any atom is -0.339 e. The van der Waals surface area contributed by atoms with Crippen LogP contribution in [0.15, 0.2) is 29.4 Å². The fraction of sp³-hybridized carbons (Fsp3) is 0.654. The molecule has 3 heterocycles. The van der Waals surface area contributed by atoms with E-state index in [1.807, 2.05) is 4.57 Å². The highest BCUT2D eigenvalue weighted by Crippen LogP contribution is 2.36. The van der Waals surface area contributed by atoms with E-state index in [2.05, 4.69) is 26.9 Å². The number of hydrogen-bond donors (Lipinski definition) is 0. The Labute approximate surface area is 206 Å². The smallest absolute Gasteiger partial charge is 0.233 e. The molecule has 2 aromatic rings. The molecule has 34 heavy (non-hydrogen) atoms. The van der Waals surface area contributed by atoms with E-state index >= 15 is 0 Å². The van der Waals surface area contributed by atoms with Crippen LogP contribution in [0.5, 0.6) is 0 Å². The van der Waals surface area contributed by atoms with Crippen LogP contribution in [0.25, 0.3) is 5.69 Å². The van der Waals surface area contributed by atoms with E-state index in [0.717, 1.165) is 44.0 Å². The molecule has 0 radical (unpaired) electrons. The summed E-state index contributed by atoms with van der Waals surface area (Å²) in [7, 11) is 0. The van der Waals surface area contributed by atoms with Crippen molar-refractivity contribution in [2.24, 2.45) is 5.92 Å². The van der Waals surface area contributed by atoms with Gasteiger partial charge >= 0.3 is 0 Å². The molecule has 5 rings (SSSR count). The van der Waals surface area contributed by atoms with Crippen LogP contribution < -0.4 is 0 Å². The number of carbonyl (C=O) groups excluding carboxylic acids is 1. The van der Waals surface area contributed by atoms with E-state index in [9.17, 15) is 9.18 Å². The van der Waals surface area contributed by atoms with Gasteiger partial charge in [-0.05, 0) is 88.7 Å². The number of thioether (sulfide) groups is 1. The van der Waals surface area contributed by atoms with Gasteiger partial charge in [0.25, 0.3) is 0 Å². The second-order valence-corrected chi connectivity index (χ2v) is 11.0. The number of nitrogens with zero attached hydrogens (tertiary/aromatic N) is 5. The van der Waals surface area contributed by atoms with E-state index in [1.54, 1.807) is 12.1 Å². The Hall–Kier alpha value is -1.93. The minimum absolute atomic E-state index is 0.105. The van der Waals surface area contributed by atoms with Gasteiger partial charge in [0.1, 0.15) is 5.82 Å². The summed E-state index contributed by atoms with van der Waals surface area (Å²) in [5, 5.41) is 9.80. The molecule has 3 fully saturated rings. The van der Waals surface area contributed by atoms with Crippen molar-refractivity contribution in [3.05, 3.63) is 35.9 Å². The largest absolute Gasteiger partial charge is 0.339 e. The molecular weight excluding hydrogens is 449 g/mol. The first kappa shape index (κ1) is 23.8. The quantitative estimate of drug-likeness (QED) is 0.525. The first-order valence-corrected chi connectivity index (χ1v) is 14.0. The zero-order chi connectivity index (χ0) is 23.5. The van der Waals surface area contributed by atoms with Crippen molar-refractivity contribution in [2.45, 2.75) is 82.0 Å². The fourth-order valence-electron chi connectivity index (χ4n) is 6.09. The first-order valence-electron chi connectivity index (χ1n) is 13.0. The summed E-state index contributed by atoms with van der Waals surface area (Å²) in [6.07, 6.45) is 11.0. The molecule has 8 heteroatoms. The standard InChI is InChI=1S/C26H36FN5OS/c1-19(30-15-5-2-6-16-30)25-28-29-26(32(25)22-13-11-21(27)12-14-22)34-18-24(33)31-17-7-9-20-8-3-4-10-23(20)31/h11-14,19-20,23H,2-10,15-18H2,1H3. The van der Waals surface area contributed by atoms with Crippen molar-refractivity contribution >= 4 is 17.7 Å². The number of hydrogen-bond acceptors (Lipinski definition) is 5. The van der Waals surface area contributed by atoms with Gasteiger partial charge in [-0.15, -0.1) is 10.2 Å². The third-order valence-electron chi connectivity index (χ3n) is 7.94. The molecular formula is C26H36FN5OS. The van der Waals surface area contributed by atoms with Crippen molar-refractivity contribution in [2.75, 3.05) is 25.4 Å². The summed E-state index contributed by atoms with van der Waals surface area (Å²) in [4.78, 5) is 17.9. The van der Waals surface area contributed by atoms with Gasteiger partial charge in [-0.25, -0.2) is 4.39 Å². The molecule has 0 N–H and O–H groups in total. The summed E-state index contributed by atoms with van der Waals surface area (Å²) < 4.78 is 15.7. The number of fused-ring (bicyclic) bond motifs is 1. The van der Waals surface area contributed by atoms with Crippen LogP contribution in [0.2, 0.25) is 0 Å². The summed E-state index contributed by atoms with van der Waals surface area (Å²) >= 11 is 1.46. The molecule has 2 aliphatic heterocycles. The maximum absolute atomic E-state index is 13.7. The molecule has 1 amide bonds. The van der Waals surface area contributed by atoms with Gasteiger partial charge in [0.05, 0.1) is 11.8 Å². The lowest BCUT2D eigenvalue weighted by atomic mass is 9.78. The average Bonchev–Trinajstić information content (AvgIpc) is 3.31. The Bertz CT molecular complexity index is 972. The lowest BCUT2D eigenvalue weighted by Gasteiger charge is -2.44. The molecule has 1 aliphatic carbocycles. The zero-order valence-electron chi connectivity index (χ0n) is 20.2. The molecule has 1 aromatic carbocycles. The topological polar surface area (TPSA) is 54.3 Å². The summed E-state index contributed by atoms with van der Waals surface area (Å²) in [5.74, 6) is 1.84. The molecule has 0 spiro atoms. The SMILES string of the molecule is CC(c1nnc(SCC(=O)N2CCCC3CCCCC32)n1-c1ccc(F)cc1)N1CCCCC1. The van der Waals surface area contributed by atoms with E-state index in [-0.39, 0.29) is 17.8 Å². The number of aromatic nitrogens is 3. The van der Waals surface area contributed by atoms with Gasteiger partial charge in [0, 0.05) is 18.3 Å². The highest BCUT2D eigenvalue weighted by atomic mass is 32.2. The predicted molar refractivity (Wildman–Crippen MR) is 133 cm³/mol. The maximum Gasteiger partial charge on any atom is 0.233 e. The number of likely N-dealkylation sites (tertiary alicyclic amines) is 2. The second kappa shape index (κ2) is 10.8. The normalized spacial score (nSPS) is 24.6. The fourth-order valence-corrected chi connectivity index (χ4v) is 6.94. The molecule has 6 nitrogen and oxygen atoms in total. The molecule has 3 unspecified atom stereocenters. The van der Waals surface area contributed by atoms with Gasteiger partial charge in [0.15, 0.2) is 11.0 Å². The Morgan fingerprint density at radius 1 is 1.00 bits per heavy atom. The Kier molecular flexibility index (Phi) is 7.54. The van der Waals surface area contributed by atoms with Gasteiger partial charge in [0.2, 0.25) is 5.91 Å². The number of amides is 1. The Morgan fingerprint density at radius 2 is 1.74 bits per heavy atom. The van der Waals surface area contributed by atoms with Crippen LogP contribution in [0, 0.1) is 11.7 Å². The molecule has 3 atom stereocenters. The zero-order valence-corrected chi connectivity index (χ0v) is 21.0. The number of carbonyl (C=O) groups is 1. The van der Waals surface area contributed by atoms with Crippen LogP contribution in [-0.4, -0.2) is 61.9 Å². The van der Waals surface area contributed by atoms with Gasteiger partial charge in [-0.3, -0.25) is 14.3 Å². The molecule has 2 saturated heterocycles. The summed E-state index contributed by atoms with van der Waals surface area (Å²) in [6.45, 7) is 5.15. The predicted octanol–water partition coefficient (Wildman–Crippen LogP) is 5.23. The average molecular weight is 486 g/mol. The van der Waals surface area contributed by atoms with Crippen LogP contribution in [-0.2, 0) is 4.79 Å². The highest BCUT2D eigenvalue weighted by molar-refractivity contribution is 7.99. The van der Waals surface area contributed by atoms with E-state index in [0.29, 0.717) is 22.9 Å². The number of piperidine rings is 2. The van der Waals surface area contributed by atoms with Crippen molar-refractivity contribution in [3.63, 3.8) is 0 Å². The second-order valence-electron chi connectivity index (χ2n) is 10.1. The molecule has 184 valence electrons. The third kappa shape index (κ3) is 5.03. The van der Waals surface area contributed by atoms with E-state index < -0.39 is 0 Å². The monoisotopic (exact) mass is 485 g/mol. The number of rotatable bonds is 6. The van der Waals surface area contributed by atoms with Crippen LogP contribution in [0.4, 0.5) is 4.39 Å². The molecule has 1 aromatic heterocycles. The molecule has 3 aliphatic rings. The Balaban J connectivity index is 1.36. The summed E-state index contributed by atoms with van der Waals surface area (Å²) in [5.41, 5.74) is 0.838. The Morgan fingerprint density at radius 3 is 2.53 bits per heavy atom. The van der Waals surface area contributed by atoms with Crippen molar-refractivity contribution < 1.29 is 9.18 Å². The lowest BCUT2D eigenvalue weighted by molar-refractivity contribution is -0.134. The number of benzene rings is 1. The van der Waals surface area contributed by atoms with E-state index in [4.69, 9.17) is 0 Å². The van der Waals surface area contributed by atoms with Crippen molar-refractivity contribution in [1.82, 2.24) is 24.6 Å². The van der Waals surface area contributed by atoms with Crippen LogP contribution in [0.3, 0.4) is 0 Å². The van der Waals surface area contributed by atoms with Crippen LogP contribution >= 0.6 is 11.8 Å². The number of halogens is 1. The maximum atomic E-state index is 13.7. The van der Waals surface area contributed by atoms with E-state index in [1.165, 1.54) is 68.8 Å². The third-order valence-corrected chi connectivity index (χ3v) is 8.86. The highest BCUT2D eigenvalue weighted by Gasteiger charge is 2.35. The minimum atomic E-state index is -0.265. The van der Waals surface area contributed by atoms with Crippen LogP contribution in [0.1, 0.15) is 76.6 Å².